The van der Waals surface area contributed by atoms with Gasteiger partial charge in [0.25, 0.3) is 0 Å². The van der Waals surface area contributed by atoms with Crippen molar-refractivity contribution in [3.05, 3.63) is 18.2 Å². The Labute approximate surface area is 106 Å². The largest absolute Gasteiger partial charge is 0.392 e. The van der Waals surface area contributed by atoms with Gasteiger partial charge in [0.15, 0.2) is 0 Å². The number of nitrogens with one attached hydrogen (secondary N) is 2. The Morgan fingerprint density at radius 2 is 2.35 bits per heavy atom. The van der Waals surface area contributed by atoms with Gasteiger partial charge in [-0.15, -0.1) is 0 Å². The van der Waals surface area contributed by atoms with Crippen LogP contribution in [0.3, 0.4) is 0 Å². The van der Waals surface area contributed by atoms with Gasteiger partial charge in [-0.3, -0.25) is 0 Å². The van der Waals surface area contributed by atoms with Crippen LogP contribution >= 0.6 is 12.2 Å². The van der Waals surface area contributed by atoms with Crippen LogP contribution in [0.1, 0.15) is 32.1 Å². The first-order chi connectivity index (χ1) is 7.88. The van der Waals surface area contributed by atoms with E-state index < -0.39 is 21.3 Å². The molecule has 0 saturated heterocycles. The third-order valence-corrected chi connectivity index (χ3v) is 4.79. The van der Waals surface area contributed by atoms with Crippen molar-refractivity contribution in [3.63, 3.8) is 0 Å². The lowest BCUT2D eigenvalue weighted by Crippen LogP contribution is -2.42. The molecule has 1 aromatic rings. The number of thiocarbonyl (C=S) groups is 1. The molecule has 4 N–H and O–H groups in total. The Hall–Kier alpha value is -0.990. The third-order valence-electron chi connectivity index (χ3n) is 2.33. The number of hydrogen-bond donors (Lipinski definition) is 3. The summed E-state index contributed by atoms with van der Waals surface area (Å²) in [5.41, 5.74) is 5.42. The minimum Gasteiger partial charge on any atom is -0.392 e. The molecule has 0 radical (unpaired) electrons. The van der Waals surface area contributed by atoms with Crippen LogP contribution in [-0.4, -0.2) is 28.6 Å². The van der Waals surface area contributed by atoms with Crippen molar-refractivity contribution in [1.29, 1.82) is 0 Å². The van der Waals surface area contributed by atoms with E-state index in [1.54, 1.807) is 26.2 Å². The topological polar surface area (TPSA) is 101 Å². The Kier molecular flexibility index (Phi) is 4.61. The van der Waals surface area contributed by atoms with Crippen molar-refractivity contribution in [2.75, 3.05) is 0 Å². The highest BCUT2D eigenvalue weighted by Gasteiger charge is 2.28. The van der Waals surface area contributed by atoms with Crippen LogP contribution in [0.15, 0.2) is 12.4 Å². The lowest BCUT2D eigenvalue weighted by Gasteiger charge is -2.18. The standard InChI is InChI=1S/C9H16N4O2S2/c1-3-7(8(10)16)17(14,15)13-6(2)9-11-4-5-12-9/h4-7,13H,3H2,1-2H3,(H2,10,16)(H,11,12). The first-order valence-electron chi connectivity index (χ1n) is 5.18. The van der Waals surface area contributed by atoms with Gasteiger partial charge >= 0.3 is 0 Å². The van der Waals surface area contributed by atoms with Gasteiger partial charge in [-0.05, 0) is 13.3 Å². The van der Waals surface area contributed by atoms with Crippen molar-refractivity contribution in [2.45, 2.75) is 31.6 Å². The molecule has 2 unspecified atom stereocenters. The van der Waals surface area contributed by atoms with Crippen molar-refractivity contribution < 1.29 is 8.42 Å². The summed E-state index contributed by atoms with van der Waals surface area (Å²) in [6.07, 6.45) is 3.53. The van der Waals surface area contributed by atoms with Crippen LogP contribution in [0.4, 0.5) is 0 Å². The maximum atomic E-state index is 12.0. The van der Waals surface area contributed by atoms with E-state index in [0.717, 1.165) is 0 Å². The van der Waals surface area contributed by atoms with Crippen LogP contribution in [0.5, 0.6) is 0 Å². The molecule has 8 heteroatoms. The number of rotatable bonds is 6. The second kappa shape index (κ2) is 5.56. The van der Waals surface area contributed by atoms with Gasteiger partial charge in [-0.2, -0.15) is 0 Å². The molecule has 0 aliphatic heterocycles. The molecule has 0 aromatic carbocycles. The Bertz CT molecular complexity index is 469. The molecule has 17 heavy (non-hydrogen) atoms. The Morgan fingerprint density at radius 3 is 2.76 bits per heavy atom. The molecule has 0 aliphatic rings. The van der Waals surface area contributed by atoms with Gasteiger partial charge in [0.2, 0.25) is 10.0 Å². The van der Waals surface area contributed by atoms with Crippen molar-refractivity contribution in [2.24, 2.45) is 5.73 Å². The summed E-state index contributed by atoms with van der Waals surface area (Å²) in [5, 5.41) is -0.852. The number of hydrogen-bond acceptors (Lipinski definition) is 4. The molecule has 0 bridgehead atoms. The lowest BCUT2D eigenvalue weighted by atomic mass is 10.3. The summed E-state index contributed by atoms with van der Waals surface area (Å²) in [6, 6.07) is -0.446. The van der Waals surface area contributed by atoms with Gasteiger partial charge in [-0.25, -0.2) is 18.1 Å². The average molecular weight is 276 g/mol. The zero-order valence-corrected chi connectivity index (χ0v) is 11.3. The highest BCUT2D eigenvalue weighted by molar-refractivity contribution is 7.93. The summed E-state index contributed by atoms with van der Waals surface area (Å²) in [6.45, 7) is 3.42. The molecule has 0 spiro atoms. The van der Waals surface area contributed by atoms with E-state index >= 15 is 0 Å². The molecule has 1 heterocycles. The monoisotopic (exact) mass is 276 g/mol. The van der Waals surface area contributed by atoms with Gasteiger partial charge < -0.3 is 10.7 Å². The van der Waals surface area contributed by atoms with Gasteiger partial charge in [0, 0.05) is 12.4 Å². The summed E-state index contributed by atoms with van der Waals surface area (Å²) in [4.78, 5) is 6.81. The van der Waals surface area contributed by atoms with E-state index in [-0.39, 0.29) is 4.99 Å². The quantitative estimate of drug-likeness (QED) is 0.655. The molecule has 0 amide bonds. The van der Waals surface area contributed by atoms with Crippen molar-refractivity contribution in [3.8, 4) is 0 Å². The number of sulfonamides is 1. The maximum Gasteiger partial charge on any atom is 0.221 e. The number of imidazole rings is 1. The predicted molar refractivity (Wildman–Crippen MR) is 69.9 cm³/mol. The summed E-state index contributed by atoms with van der Waals surface area (Å²) < 4.78 is 26.5. The number of nitrogens with zero attached hydrogens (tertiary/aromatic N) is 1. The molecule has 0 fully saturated rings. The first kappa shape index (κ1) is 14.1. The first-order valence-corrected chi connectivity index (χ1v) is 7.13. The van der Waals surface area contributed by atoms with Crippen LogP contribution in [0.2, 0.25) is 0 Å². The van der Waals surface area contributed by atoms with Crippen molar-refractivity contribution >= 4 is 27.2 Å². The van der Waals surface area contributed by atoms with E-state index in [1.807, 2.05) is 0 Å². The zero-order chi connectivity index (χ0) is 13.1. The summed E-state index contributed by atoms with van der Waals surface area (Å²) in [5.74, 6) is 0.548. The van der Waals surface area contributed by atoms with Gasteiger partial charge in [0.1, 0.15) is 11.1 Å². The van der Waals surface area contributed by atoms with Gasteiger partial charge in [-0.1, -0.05) is 19.1 Å². The number of H-pyrrole nitrogens is 1. The molecular weight excluding hydrogens is 260 g/mol. The summed E-state index contributed by atoms with van der Waals surface area (Å²) >= 11 is 4.75. The lowest BCUT2D eigenvalue weighted by molar-refractivity contribution is 0.554. The van der Waals surface area contributed by atoms with E-state index in [2.05, 4.69) is 14.7 Å². The zero-order valence-electron chi connectivity index (χ0n) is 9.67. The van der Waals surface area contributed by atoms with E-state index in [9.17, 15) is 8.42 Å². The highest BCUT2D eigenvalue weighted by Crippen LogP contribution is 2.12. The fraction of sp³-hybridized carbons (Fsp3) is 0.556. The van der Waals surface area contributed by atoms with E-state index in [0.29, 0.717) is 12.2 Å². The second-order valence-electron chi connectivity index (χ2n) is 3.66. The molecule has 96 valence electrons. The smallest absolute Gasteiger partial charge is 0.221 e. The fourth-order valence-electron chi connectivity index (χ4n) is 1.47. The molecule has 1 rings (SSSR count). The normalized spacial score (nSPS) is 15.4. The number of nitrogens with two attached hydrogens (primary N) is 1. The Morgan fingerprint density at radius 1 is 1.71 bits per heavy atom. The van der Waals surface area contributed by atoms with Crippen LogP contribution in [0.25, 0.3) is 0 Å². The molecule has 0 saturated carbocycles. The van der Waals surface area contributed by atoms with Crippen LogP contribution in [-0.2, 0) is 10.0 Å². The fourth-order valence-corrected chi connectivity index (χ4v) is 3.53. The minimum atomic E-state index is -3.57. The van der Waals surface area contributed by atoms with Gasteiger partial charge in [0.05, 0.1) is 11.0 Å². The maximum absolute atomic E-state index is 12.0. The SMILES string of the molecule is CCC(C(N)=S)S(=O)(=O)NC(C)c1ncc[nH]1. The van der Waals surface area contributed by atoms with E-state index in [1.165, 1.54) is 0 Å². The molecule has 2 atom stereocenters. The van der Waals surface area contributed by atoms with Crippen LogP contribution < -0.4 is 10.5 Å². The molecule has 1 aromatic heterocycles. The molecule has 0 aliphatic carbocycles. The predicted octanol–water partition coefficient (Wildman–Crippen LogP) is 0.455. The second-order valence-corrected chi connectivity index (χ2v) is 6.02. The molecule has 6 nitrogen and oxygen atoms in total. The molecular formula is C9H16N4O2S2. The third kappa shape index (κ3) is 3.48. The van der Waals surface area contributed by atoms with Crippen LogP contribution in [0, 0.1) is 0 Å². The summed E-state index contributed by atoms with van der Waals surface area (Å²) in [7, 11) is -3.57. The average Bonchev–Trinajstić information content (AvgIpc) is 2.68. The highest BCUT2D eigenvalue weighted by atomic mass is 32.2. The Balaban J connectivity index is 2.83. The minimum absolute atomic E-state index is 0.0216. The van der Waals surface area contributed by atoms with E-state index in [4.69, 9.17) is 18.0 Å². The number of aromatic amines is 1. The van der Waals surface area contributed by atoms with Crippen molar-refractivity contribution in [1.82, 2.24) is 14.7 Å². The number of aromatic nitrogens is 2.